The van der Waals surface area contributed by atoms with Gasteiger partial charge in [0.1, 0.15) is 0 Å². The molecule has 0 saturated heterocycles. The van der Waals surface area contributed by atoms with Crippen molar-refractivity contribution in [2.75, 3.05) is 12.3 Å². The molecule has 0 radical (unpaired) electrons. The van der Waals surface area contributed by atoms with Crippen LogP contribution in [0.1, 0.15) is 16.8 Å². The number of H-pyrrole nitrogens is 1. The molecule has 0 spiro atoms. The van der Waals surface area contributed by atoms with Crippen molar-refractivity contribution in [1.29, 1.82) is 0 Å². The Kier molecular flexibility index (Phi) is 5.02. The second-order valence-corrected chi connectivity index (χ2v) is 7.90. The van der Waals surface area contributed by atoms with Gasteiger partial charge < -0.3 is 4.98 Å². The van der Waals surface area contributed by atoms with E-state index in [1.54, 1.807) is 0 Å². The van der Waals surface area contributed by atoms with E-state index in [0.29, 0.717) is 19.4 Å². The summed E-state index contributed by atoms with van der Waals surface area (Å²) in [6, 6.07) is 17.8. The van der Waals surface area contributed by atoms with Crippen molar-refractivity contribution in [3.63, 3.8) is 0 Å². The topological polar surface area (TPSA) is 62.0 Å². The molecule has 2 N–H and O–H groups in total. The Balaban J connectivity index is 1.58. The number of aromatic nitrogens is 1. The fraction of sp³-hybridized carbons (Fsp3) is 0.263. The average Bonchev–Trinajstić information content (AvgIpc) is 2.90. The van der Waals surface area contributed by atoms with Crippen molar-refractivity contribution in [3.8, 4) is 0 Å². The number of nitrogens with one attached hydrogen (secondary N) is 2. The number of aryl methyl sites for hydroxylation is 2. The highest BCUT2D eigenvalue weighted by Crippen LogP contribution is 2.21. The molecule has 1 heterocycles. The SMILES string of the molecule is Cc1[nH]c2ccccc2c1CCNS(=O)(=O)CCc1ccccc1. The number of fused-ring (bicyclic) bond motifs is 1. The Bertz CT molecular complexity index is 915. The van der Waals surface area contributed by atoms with Gasteiger partial charge in [-0.15, -0.1) is 0 Å². The van der Waals surface area contributed by atoms with Crippen LogP contribution in [0.4, 0.5) is 0 Å². The summed E-state index contributed by atoms with van der Waals surface area (Å²) in [6.45, 7) is 2.44. The Morgan fingerprint density at radius 3 is 2.46 bits per heavy atom. The Labute approximate surface area is 143 Å². The summed E-state index contributed by atoms with van der Waals surface area (Å²) in [5, 5.41) is 1.17. The van der Waals surface area contributed by atoms with Crippen LogP contribution in [0.25, 0.3) is 10.9 Å². The fourth-order valence-corrected chi connectivity index (χ4v) is 4.02. The van der Waals surface area contributed by atoms with E-state index in [4.69, 9.17) is 0 Å². The number of benzene rings is 2. The lowest BCUT2D eigenvalue weighted by molar-refractivity contribution is 0.581. The summed E-state index contributed by atoms with van der Waals surface area (Å²) < 4.78 is 27.0. The summed E-state index contributed by atoms with van der Waals surface area (Å²) in [5.74, 6) is 0.115. The highest BCUT2D eigenvalue weighted by atomic mass is 32.2. The van der Waals surface area contributed by atoms with Crippen LogP contribution in [0.5, 0.6) is 0 Å². The van der Waals surface area contributed by atoms with E-state index in [-0.39, 0.29) is 5.75 Å². The molecule has 4 nitrogen and oxygen atoms in total. The van der Waals surface area contributed by atoms with Gasteiger partial charge in [0.25, 0.3) is 0 Å². The molecule has 0 aliphatic carbocycles. The lowest BCUT2D eigenvalue weighted by Gasteiger charge is -2.07. The molecule has 2 aromatic carbocycles. The molecule has 3 aromatic rings. The molecule has 0 bridgehead atoms. The summed E-state index contributed by atoms with van der Waals surface area (Å²) >= 11 is 0. The summed E-state index contributed by atoms with van der Waals surface area (Å²) in [5.41, 5.74) is 4.41. The molecule has 0 aliphatic rings. The zero-order valence-electron chi connectivity index (χ0n) is 13.7. The molecule has 5 heteroatoms. The van der Waals surface area contributed by atoms with E-state index in [1.165, 1.54) is 10.9 Å². The van der Waals surface area contributed by atoms with Crippen LogP contribution < -0.4 is 4.72 Å². The number of hydrogen-bond donors (Lipinski definition) is 2. The number of rotatable bonds is 7. The molecule has 0 unspecified atom stereocenters. The molecule has 0 amide bonds. The molecule has 3 rings (SSSR count). The molecule has 24 heavy (non-hydrogen) atoms. The van der Waals surface area contributed by atoms with Crippen LogP contribution in [0.2, 0.25) is 0 Å². The number of hydrogen-bond acceptors (Lipinski definition) is 2. The molecule has 1 aromatic heterocycles. The number of sulfonamides is 1. The zero-order chi connectivity index (χ0) is 17.0. The van der Waals surface area contributed by atoms with Gasteiger partial charge in [0.2, 0.25) is 10.0 Å². The number of aromatic amines is 1. The minimum absolute atomic E-state index is 0.115. The first-order chi connectivity index (χ1) is 11.6. The maximum Gasteiger partial charge on any atom is 0.211 e. The van der Waals surface area contributed by atoms with E-state index in [0.717, 1.165) is 16.8 Å². The van der Waals surface area contributed by atoms with E-state index < -0.39 is 10.0 Å². The van der Waals surface area contributed by atoms with Crippen molar-refractivity contribution in [2.45, 2.75) is 19.8 Å². The molecule has 0 saturated carbocycles. The quantitative estimate of drug-likeness (QED) is 0.693. The van der Waals surface area contributed by atoms with Gasteiger partial charge in [-0.2, -0.15) is 0 Å². The summed E-state index contributed by atoms with van der Waals surface area (Å²) in [7, 11) is -3.26. The van der Waals surface area contributed by atoms with E-state index in [1.807, 2.05) is 55.5 Å². The molecular weight excluding hydrogens is 320 g/mol. The highest BCUT2D eigenvalue weighted by molar-refractivity contribution is 7.89. The van der Waals surface area contributed by atoms with Gasteiger partial charge in [0.15, 0.2) is 0 Å². The molecular formula is C19H22N2O2S. The van der Waals surface area contributed by atoms with Crippen molar-refractivity contribution in [3.05, 3.63) is 71.4 Å². The third kappa shape index (κ3) is 4.04. The Morgan fingerprint density at radius 1 is 0.958 bits per heavy atom. The third-order valence-corrected chi connectivity index (χ3v) is 5.61. The van der Waals surface area contributed by atoms with Gasteiger partial charge in [-0.05, 0) is 37.0 Å². The first-order valence-electron chi connectivity index (χ1n) is 8.12. The largest absolute Gasteiger partial charge is 0.358 e. The maximum absolute atomic E-state index is 12.2. The second kappa shape index (κ2) is 7.20. The monoisotopic (exact) mass is 342 g/mol. The smallest absolute Gasteiger partial charge is 0.211 e. The number of para-hydroxylation sites is 1. The predicted molar refractivity (Wildman–Crippen MR) is 98.7 cm³/mol. The molecule has 0 aliphatic heterocycles. The first-order valence-corrected chi connectivity index (χ1v) is 9.78. The highest BCUT2D eigenvalue weighted by Gasteiger charge is 2.12. The first kappa shape index (κ1) is 16.7. The van der Waals surface area contributed by atoms with Crippen LogP contribution in [0.15, 0.2) is 54.6 Å². The van der Waals surface area contributed by atoms with Crippen LogP contribution in [-0.2, 0) is 22.9 Å². The van der Waals surface area contributed by atoms with Crippen molar-refractivity contribution < 1.29 is 8.42 Å². The molecule has 0 fully saturated rings. The minimum atomic E-state index is -3.26. The van der Waals surface area contributed by atoms with Gasteiger partial charge in [0.05, 0.1) is 5.75 Å². The summed E-state index contributed by atoms with van der Waals surface area (Å²) in [4.78, 5) is 3.34. The van der Waals surface area contributed by atoms with E-state index in [9.17, 15) is 8.42 Å². The molecule has 126 valence electrons. The van der Waals surface area contributed by atoms with Gasteiger partial charge in [-0.3, -0.25) is 0 Å². The lowest BCUT2D eigenvalue weighted by Crippen LogP contribution is -2.29. The van der Waals surface area contributed by atoms with Gasteiger partial charge in [-0.25, -0.2) is 13.1 Å². The fourth-order valence-electron chi connectivity index (χ4n) is 2.96. The molecule has 0 atom stereocenters. The van der Waals surface area contributed by atoms with Crippen molar-refractivity contribution >= 4 is 20.9 Å². The van der Waals surface area contributed by atoms with E-state index >= 15 is 0 Å². The Morgan fingerprint density at radius 2 is 1.67 bits per heavy atom. The van der Waals surface area contributed by atoms with Gasteiger partial charge in [0, 0.05) is 23.1 Å². The van der Waals surface area contributed by atoms with Gasteiger partial charge in [-0.1, -0.05) is 48.5 Å². The van der Waals surface area contributed by atoms with Crippen LogP contribution >= 0.6 is 0 Å². The van der Waals surface area contributed by atoms with Crippen LogP contribution in [-0.4, -0.2) is 25.7 Å². The normalized spacial score (nSPS) is 11.9. The van der Waals surface area contributed by atoms with Crippen LogP contribution in [0, 0.1) is 6.92 Å². The van der Waals surface area contributed by atoms with Gasteiger partial charge >= 0.3 is 0 Å². The third-order valence-electron chi connectivity index (χ3n) is 4.23. The maximum atomic E-state index is 12.2. The van der Waals surface area contributed by atoms with Crippen molar-refractivity contribution in [1.82, 2.24) is 9.71 Å². The van der Waals surface area contributed by atoms with E-state index in [2.05, 4.69) is 15.8 Å². The van der Waals surface area contributed by atoms with Crippen LogP contribution in [0.3, 0.4) is 0 Å². The lowest BCUT2D eigenvalue weighted by atomic mass is 10.1. The zero-order valence-corrected chi connectivity index (χ0v) is 14.6. The Hall–Kier alpha value is -2.11. The van der Waals surface area contributed by atoms with Crippen molar-refractivity contribution in [2.24, 2.45) is 0 Å². The predicted octanol–water partition coefficient (Wildman–Crippen LogP) is 3.18. The minimum Gasteiger partial charge on any atom is -0.358 e. The second-order valence-electron chi connectivity index (χ2n) is 5.97. The summed E-state index contributed by atoms with van der Waals surface area (Å²) in [6.07, 6.45) is 1.21. The standard InChI is InChI=1S/C19H22N2O2S/c1-15-17(18-9-5-6-10-19(18)21-15)11-13-20-24(22,23)14-12-16-7-3-2-4-8-16/h2-10,20-21H,11-14H2,1H3. The average molecular weight is 342 g/mol.